The molecule has 1 aromatic heterocycles. The molecule has 0 N–H and O–H groups in total. The third-order valence-electron chi connectivity index (χ3n) is 4.40. The van der Waals surface area contributed by atoms with Crippen molar-refractivity contribution in [2.45, 2.75) is 38.0 Å². The average Bonchev–Trinajstić information content (AvgIpc) is 2.71. The summed E-state index contributed by atoms with van der Waals surface area (Å²) in [6.07, 6.45) is 1.43. The summed E-state index contributed by atoms with van der Waals surface area (Å²) in [5.41, 5.74) is 2.47. The lowest BCUT2D eigenvalue weighted by Crippen LogP contribution is -2.29. The molecule has 3 rings (SSSR count). The predicted octanol–water partition coefficient (Wildman–Crippen LogP) is 3.65. The Morgan fingerprint density at radius 3 is 2.62 bits per heavy atom. The number of methoxy groups -OCH3 is 2. The van der Waals surface area contributed by atoms with Crippen LogP contribution < -0.4 is 9.47 Å². The van der Waals surface area contributed by atoms with E-state index in [1.54, 1.807) is 25.3 Å². The van der Waals surface area contributed by atoms with Crippen LogP contribution in [0.2, 0.25) is 0 Å². The Balaban J connectivity index is 1.99. The summed E-state index contributed by atoms with van der Waals surface area (Å²) in [5.74, 6) is 0.783. The van der Waals surface area contributed by atoms with Gasteiger partial charge >= 0.3 is 5.97 Å². The maximum absolute atomic E-state index is 12.7. The van der Waals surface area contributed by atoms with Crippen molar-refractivity contribution in [3.8, 4) is 11.5 Å². The van der Waals surface area contributed by atoms with Gasteiger partial charge in [-0.05, 0) is 45.0 Å². The third kappa shape index (κ3) is 4.71. The predicted molar refractivity (Wildman–Crippen MR) is 111 cm³/mol. The molecule has 2 atom stereocenters. The van der Waals surface area contributed by atoms with E-state index in [-0.39, 0.29) is 0 Å². The summed E-state index contributed by atoms with van der Waals surface area (Å²) >= 11 is -1.41. The molecule has 8 heteroatoms. The van der Waals surface area contributed by atoms with Gasteiger partial charge in [0.05, 0.1) is 25.5 Å². The molecule has 1 aliphatic rings. The molecular weight excluding hydrogens is 392 g/mol. The van der Waals surface area contributed by atoms with Gasteiger partial charge in [0.15, 0.2) is 0 Å². The van der Waals surface area contributed by atoms with Gasteiger partial charge in [0, 0.05) is 24.2 Å². The second-order valence-corrected chi connectivity index (χ2v) is 9.44. The fourth-order valence-electron chi connectivity index (χ4n) is 2.77. The van der Waals surface area contributed by atoms with Crippen LogP contribution in [0.1, 0.15) is 54.9 Å². The maximum Gasteiger partial charge on any atom is 0.339 e. The first kappa shape index (κ1) is 21.1. The highest BCUT2D eigenvalue weighted by molar-refractivity contribution is 7.91. The van der Waals surface area contributed by atoms with Crippen molar-refractivity contribution in [3.05, 3.63) is 53.3 Å². The van der Waals surface area contributed by atoms with Crippen molar-refractivity contribution in [2.24, 2.45) is 4.40 Å². The molecule has 0 aliphatic carbocycles. The van der Waals surface area contributed by atoms with E-state index < -0.39 is 28.2 Å². The Morgan fingerprint density at radius 1 is 1.28 bits per heavy atom. The number of hydrogen-bond donors (Lipinski definition) is 0. The second kappa shape index (κ2) is 8.42. The molecule has 1 aliphatic heterocycles. The molecular formula is C21H24N2O5S. The quantitative estimate of drug-likeness (QED) is 0.558. The van der Waals surface area contributed by atoms with E-state index in [2.05, 4.69) is 9.38 Å². The number of pyridine rings is 1. The number of carbonyl (C=O) groups is 1. The zero-order chi connectivity index (χ0) is 21.2. The van der Waals surface area contributed by atoms with Gasteiger partial charge in [-0.25, -0.2) is 4.79 Å². The van der Waals surface area contributed by atoms with E-state index >= 15 is 0 Å². The number of benzene rings is 1. The molecule has 2 aromatic rings. The molecule has 0 bridgehead atoms. The first-order valence-electron chi connectivity index (χ1n) is 9.12. The summed E-state index contributed by atoms with van der Waals surface area (Å²) < 4.78 is 32.8. The number of nitrogens with zero attached hydrogens (tertiary/aromatic N) is 2. The maximum atomic E-state index is 12.7. The van der Waals surface area contributed by atoms with Gasteiger partial charge in [-0.2, -0.15) is 0 Å². The standard InChI is InChI=1S/C21H24N2O5S/c1-21(2,3)29(25)23-17-11-19(16-9-6-13(12-22-16)20(24)27-5)28-18-10-14(26-4)7-8-15(17)18/h6-10,12,19H,11H2,1-5H3/t19?,29-/m0/s1. The van der Waals surface area contributed by atoms with Crippen LogP contribution in [0.4, 0.5) is 0 Å². The number of ether oxygens (including phenoxy) is 3. The second-order valence-electron chi connectivity index (χ2n) is 7.54. The molecule has 154 valence electrons. The number of hydrogen-bond acceptors (Lipinski definition) is 7. The molecule has 0 fully saturated rings. The van der Waals surface area contributed by atoms with Gasteiger partial charge < -0.3 is 18.8 Å². The van der Waals surface area contributed by atoms with Crippen molar-refractivity contribution in [2.75, 3.05) is 14.2 Å². The smallest absolute Gasteiger partial charge is 0.339 e. The van der Waals surface area contributed by atoms with Crippen molar-refractivity contribution < 1.29 is 23.6 Å². The Labute approximate surface area is 173 Å². The SMILES string of the molecule is COC(=O)c1ccc(C2CC(=N[S@@+]([O-])C(C)(C)C)c3ccc(OC)cc3O2)nc1. The highest BCUT2D eigenvalue weighted by Gasteiger charge is 2.33. The largest absolute Gasteiger partial charge is 0.591 e. The first-order valence-corrected chi connectivity index (χ1v) is 10.2. The van der Waals surface area contributed by atoms with Crippen LogP contribution in [-0.2, 0) is 16.1 Å². The fraction of sp³-hybridized carbons (Fsp3) is 0.381. The normalized spacial score (nSPS) is 18.6. The van der Waals surface area contributed by atoms with Crippen molar-refractivity contribution >= 4 is 23.0 Å². The minimum Gasteiger partial charge on any atom is -0.591 e. The zero-order valence-electron chi connectivity index (χ0n) is 17.1. The Bertz CT molecular complexity index is 922. The number of carbonyl (C=O) groups excluding carboxylic acids is 1. The highest BCUT2D eigenvalue weighted by atomic mass is 32.2. The van der Waals surface area contributed by atoms with Gasteiger partial charge in [0.25, 0.3) is 0 Å². The fourth-order valence-corrected chi connectivity index (χ4v) is 3.42. The summed E-state index contributed by atoms with van der Waals surface area (Å²) in [5, 5.41) is 0. The lowest BCUT2D eigenvalue weighted by molar-refractivity contribution is 0.0600. The van der Waals surface area contributed by atoms with E-state index in [0.717, 1.165) is 5.56 Å². The summed E-state index contributed by atoms with van der Waals surface area (Å²) in [7, 11) is 2.90. The molecule has 0 saturated carbocycles. The van der Waals surface area contributed by atoms with Crippen LogP contribution in [0.5, 0.6) is 11.5 Å². The molecule has 0 saturated heterocycles. The lowest BCUT2D eigenvalue weighted by Gasteiger charge is -2.28. The summed E-state index contributed by atoms with van der Waals surface area (Å²) in [6.45, 7) is 5.64. The van der Waals surface area contributed by atoms with Crippen LogP contribution >= 0.6 is 0 Å². The Hall–Kier alpha value is -2.58. The molecule has 7 nitrogen and oxygen atoms in total. The summed E-state index contributed by atoms with van der Waals surface area (Å²) in [6, 6.07) is 8.82. The highest BCUT2D eigenvalue weighted by Crippen LogP contribution is 2.37. The van der Waals surface area contributed by atoms with Gasteiger partial charge in [-0.3, -0.25) is 4.98 Å². The molecule has 2 heterocycles. The number of esters is 1. The van der Waals surface area contributed by atoms with E-state index in [4.69, 9.17) is 14.2 Å². The van der Waals surface area contributed by atoms with Crippen LogP contribution in [0, 0.1) is 0 Å². The minimum absolute atomic E-state index is 0.358. The molecule has 0 radical (unpaired) electrons. The number of aromatic nitrogens is 1. The molecule has 1 aromatic carbocycles. The van der Waals surface area contributed by atoms with Crippen LogP contribution in [0.25, 0.3) is 0 Å². The summed E-state index contributed by atoms with van der Waals surface area (Å²) in [4.78, 5) is 16.0. The van der Waals surface area contributed by atoms with E-state index in [1.807, 2.05) is 32.9 Å². The average molecular weight is 416 g/mol. The molecule has 0 amide bonds. The van der Waals surface area contributed by atoms with E-state index in [1.165, 1.54) is 13.3 Å². The third-order valence-corrected chi connectivity index (χ3v) is 5.84. The number of fused-ring (bicyclic) bond motifs is 1. The molecule has 0 spiro atoms. The van der Waals surface area contributed by atoms with Gasteiger partial charge in [-0.15, -0.1) is 0 Å². The van der Waals surface area contributed by atoms with Crippen LogP contribution in [0.3, 0.4) is 0 Å². The Morgan fingerprint density at radius 2 is 2.03 bits per heavy atom. The molecule has 29 heavy (non-hydrogen) atoms. The van der Waals surface area contributed by atoms with Gasteiger partial charge in [-0.1, -0.05) is 4.40 Å². The van der Waals surface area contributed by atoms with Gasteiger partial charge in [0.1, 0.15) is 39.4 Å². The van der Waals surface area contributed by atoms with Crippen LogP contribution in [-0.4, -0.2) is 40.2 Å². The molecule has 1 unspecified atom stereocenters. The Kier molecular flexibility index (Phi) is 6.14. The van der Waals surface area contributed by atoms with Gasteiger partial charge in [0.2, 0.25) is 0 Å². The first-order chi connectivity index (χ1) is 13.7. The monoisotopic (exact) mass is 416 g/mol. The van der Waals surface area contributed by atoms with Crippen molar-refractivity contribution in [1.29, 1.82) is 0 Å². The van der Waals surface area contributed by atoms with Crippen molar-refractivity contribution in [1.82, 2.24) is 4.98 Å². The van der Waals surface area contributed by atoms with E-state index in [9.17, 15) is 9.35 Å². The lowest BCUT2D eigenvalue weighted by atomic mass is 9.97. The zero-order valence-corrected chi connectivity index (χ0v) is 17.9. The van der Waals surface area contributed by atoms with Crippen LogP contribution in [0.15, 0.2) is 40.9 Å². The topological polar surface area (TPSA) is 93.1 Å². The van der Waals surface area contributed by atoms with Crippen molar-refractivity contribution in [3.63, 3.8) is 0 Å². The van der Waals surface area contributed by atoms with E-state index in [0.29, 0.717) is 34.9 Å². The minimum atomic E-state index is -1.41. The number of rotatable bonds is 4.